The number of hydrogen-bond donors (Lipinski definition) is 0. The molecule has 0 aliphatic carbocycles. The number of esters is 3. The SMILES string of the molecule is CCCCC/C=C\C/C=C\CCCCCCCC(=O)OC(COC(=O)CCCCCCCCC)COC(=O)CCCCCCCCCCCCCCC/C=C\C/C=C\CCCCCCC. The lowest BCUT2D eigenvalue weighted by Crippen LogP contribution is -2.30. The van der Waals surface area contributed by atoms with E-state index in [0.717, 1.165) is 89.9 Å². The van der Waals surface area contributed by atoms with E-state index < -0.39 is 6.10 Å². The minimum absolute atomic E-state index is 0.0771. The van der Waals surface area contributed by atoms with E-state index in [1.807, 2.05) is 0 Å². The van der Waals surface area contributed by atoms with E-state index in [-0.39, 0.29) is 31.1 Å². The number of rotatable bonds is 51. The molecule has 0 rings (SSSR count). The van der Waals surface area contributed by atoms with Crippen molar-refractivity contribution >= 4 is 17.9 Å². The first-order valence-corrected chi connectivity index (χ1v) is 28.1. The smallest absolute Gasteiger partial charge is 0.306 e. The first-order chi connectivity index (χ1) is 32.0. The summed E-state index contributed by atoms with van der Waals surface area (Å²) in [4.78, 5) is 37.9. The van der Waals surface area contributed by atoms with Gasteiger partial charge in [-0.3, -0.25) is 14.4 Å². The first kappa shape index (κ1) is 62.4. The van der Waals surface area contributed by atoms with Crippen molar-refractivity contribution in [3.05, 3.63) is 48.6 Å². The van der Waals surface area contributed by atoms with Crippen LogP contribution in [0, 0.1) is 0 Å². The van der Waals surface area contributed by atoms with Crippen molar-refractivity contribution in [3.63, 3.8) is 0 Å². The van der Waals surface area contributed by atoms with E-state index in [9.17, 15) is 14.4 Å². The Hall–Kier alpha value is -2.63. The summed E-state index contributed by atoms with van der Waals surface area (Å²) in [5.41, 5.74) is 0. The van der Waals surface area contributed by atoms with Gasteiger partial charge in [0.05, 0.1) is 0 Å². The summed E-state index contributed by atoms with van der Waals surface area (Å²) in [5, 5.41) is 0. The van der Waals surface area contributed by atoms with Gasteiger partial charge in [0.2, 0.25) is 0 Å². The van der Waals surface area contributed by atoms with Gasteiger partial charge >= 0.3 is 17.9 Å². The Morgan fingerprint density at radius 1 is 0.308 bits per heavy atom. The van der Waals surface area contributed by atoms with Gasteiger partial charge in [-0.25, -0.2) is 0 Å². The Kier molecular flexibility index (Phi) is 51.8. The third-order valence-corrected chi connectivity index (χ3v) is 12.3. The molecule has 0 heterocycles. The van der Waals surface area contributed by atoms with E-state index in [4.69, 9.17) is 14.2 Å². The van der Waals surface area contributed by atoms with E-state index in [1.54, 1.807) is 0 Å². The molecule has 0 radical (unpaired) electrons. The molecule has 1 unspecified atom stereocenters. The van der Waals surface area contributed by atoms with Crippen LogP contribution < -0.4 is 0 Å². The van der Waals surface area contributed by atoms with E-state index in [0.29, 0.717) is 19.3 Å². The summed E-state index contributed by atoms with van der Waals surface area (Å²) in [5.74, 6) is -0.889. The standard InChI is InChI=1S/C59H106O6/c1-4-7-10-13-16-18-20-22-24-25-26-27-28-29-30-31-32-33-35-36-38-40-43-46-49-52-58(61)64-55-56(54-63-57(60)51-48-45-42-15-12-9-6-3)65-59(62)53-50-47-44-41-39-37-34-23-21-19-17-14-11-8-5-2/h17,19-20,22-23,25-26,34,56H,4-16,18,21,24,27-33,35-55H2,1-3H3/b19-17-,22-20-,26-25-,34-23-. The highest BCUT2D eigenvalue weighted by molar-refractivity contribution is 5.71. The Bertz CT molecular complexity index is 1140. The molecule has 0 aromatic heterocycles. The molecule has 378 valence electrons. The lowest BCUT2D eigenvalue weighted by molar-refractivity contribution is -0.167. The van der Waals surface area contributed by atoms with E-state index >= 15 is 0 Å². The number of hydrogen-bond acceptors (Lipinski definition) is 6. The highest BCUT2D eigenvalue weighted by atomic mass is 16.6. The van der Waals surface area contributed by atoms with E-state index in [2.05, 4.69) is 69.4 Å². The Morgan fingerprint density at radius 2 is 0.554 bits per heavy atom. The molecule has 0 saturated carbocycles. The predicted molar refractivity (Wildman–Crippen MR) is 279 cm³/mol. The fourth-order valence-corrected chi connectivity index (χ4v) is 8.03. The van der Waals surface area contributed by atoms with Crippen LogP contribution in [0.2, 0.25) is 0 Å². The lowest BCUT2D eigenvalue weighted by atomic mass is 10.0. The molecule has 0 spiro atoms. The Labute approximate surface area is 403 Å². The minimum atomic E-state index is -0.776. The van der Waals surface area contributed by atoms with Gasteiger partial charge in [-0.1, -0.05) is 236 Å². The summed E-state index contributed by atoms with van der Waals surface area (Å²) < 4.78 is 16.8. The third kappa shape index (κ3) is 52.2. The maximum atomic E-state index is 12.8. The summed E-state index contributed by atoms with van der Waals surface area (Å²) in [6, 6.07) is 0. The van der Waals surface area contributed by atoms with Gasteiger partial charge in [-0.15, -0.1) is 0 Å². The Balaban J connectivity index is 4.14. The zero-order chi connectivity index (χ0) is 47.2. The second-order valence-electron chi connectivity index (χ2n) is 18.8. The Morgan fingerprint density at radius 3 is 0.877 bits per heavy atom. The molecule has 0 aliphatic heterocycles. The number of ether oxygens (including phenoxy) is 3. The number of carbonyl (C=O) groups excluding carboxylic acids is 3. The third-order valence-electron chi connectivity index (χ3n) is 12.3. The molecule has 0 aromatic rings. The van der Waals surface area contributed by atoms with Crippen molar-refractivity contribution in [2.75, 3.05) is 13.2 Å². The molecule has 0 saturated heterocycles. The largest absolute Gasteiger partial charge is 0.462 e. The summed E-state index contributed by atoms with van der Waals surface area (Å²) in [7, 11) is 0. The summed E-state index contributed by atoms with van der Waals surface area (Å²) in [6.45, 7) is 6.57. The van der Waals surface area contributed by atoms with Crippen molar-refractivity contribution in [1.29, 1.82) is 0 Å². The van der Waals surface area contributed by atoms with Crippen LogP contribution in [0.15, 0.2) is 48.6 Å². The van der Waals surface area contributed by atoms with Gasteiger partial charge in [0.25, 0.3) is 0 Å². The highest BCUT2D eigenvalue weighted by Gasteiger charge is 2.19. The van der Waals surface area contributed by atoms with Crippen LogP contribution in [0.25, 0.3) is 0 Å². The van der Waals surface area contributed by atoms with Crippen LogP contribution in [0.5, 0.6) is 0 Å². The van der Waals surface area contributed by atoms with Crippen molar-refractivity contribution in [1.82, 2.24) is 0 Å². The van der Waals surface area contributed by atoms with Gasteiger partial charge in [-0.05, 0) is 83.5 Å². The number of carbonyl (C=O) groups is 3. The van der Waals surface area contributed by atoms with Crippen molar-refractivity contribution in [2.24, 2.45) is 0 Å². The monoisotopic (exact) mass is 911 g/mol. The van der Waals surface area contributed by atoms with Gasteiger partial charge < -0.3 is 14.2 Å². The maximum Gasteiger partial charge on any atom is 0.306 e. The molecule has 0 aromatic carbocycles. The molecule has 6 nitrogen and oxygen atoms in total. The summed E-state index contributed by atoms with van der Waals surface area (Å²) in [6.07, 6.45) is 65.5. The van der Waals surface area contributed by atoms with Gasteiger partial charge in [-0.2, -0.15) is 0 Å². The highest BCUT2D eigenvalue weighted by Crippen LogP contribution is 2.16. The van der Waals surface area contributed by atoms with Crippen LogP contribution in [0.3, 0.4) is 0 Å². The van der Waals surface area contributed by atoms with Gasteiger partial charge in [0.15, 0.2) is 6.10 Å². The molecular weight excluding hydrogens is 805 g/mol. The normalized spacial score (nSPS) is 12.4. The van der Waals surface area contributed by atoms with E-state index in [1.165, 1.54) is 161 Å². The number of allylic oxidation sites excluding steroid dienone is 8. The maximum absolute atomic E-state index is 12.8. The number of unbranched alkanes of at least 4 members (excludes halogenated alkanes) is 32. The molecule has 0 fully saturated rings. The molecular formula is C59H106O6. The van der Waals surface area contributed by atoms with Crippen LogP contribution in [0.1, 0.15) is 290 Å². The summed E-state index contributed by atoms with van der Waals surface area (Å²) >= 11 is 0. The molecule has 0 bridgehead atoms. The zero-order valence-electron chi connectivity index (χ0n) is 43.3. The van der Waals surface area contributed by atoms with Crippen LogP contribution in [-0.2, 0) is 28.6 Å². The molecule has 0 aliphatic rings. The lowest BCUT2D eigenvalue weighted by Gasteiger charge is -2.18. The molecule has 0 amide bonds. The minimum Gasteiger partial charge on any atom is -0.462 e. The molecule has 1 atom stereocenters. The van der Waals surface area contributed by atoms with Crippen molar-refractivity contribution < 1.29 is 28.6 Å². The fraction of sp³-hybridized carbons (Fsp3) is 0.814. The first-order valence-electron chi connectivity index (χ1n) is 28.1. The molecule has 0 N–H and O–H groups in total. The molecule has 6 heteroatoms. The predicted octanol–water partition coefficient (Wildman–Crippen LogP) is 18.7. The van der Waals surface area contributed by atoms with Crippen molar-refractivity contribution in [2.45, 2.75) is 297 Å². The second kappa shape index (κ2) is 54.0. The zero-order valence-corrected chi connectivity index (χ0v) is 43.3. The second-order valence-corrected chi connectivity index (χ2v) is 18.8. The van der Waals surface area contributed by atoms with Gasteiger partial charge in [0.1, 0.15) is 13.2 Å². The van der Waals surface area contributed by atoms with Crippen LogP contribution in [0.4, 0.5) is 0 Å². The average molecular weight is 911 g/mol. The topological polar surface area (TPSA) is 78.9 Å². The quantitative estimate of drug-likeness (QED) is 0.0262. The van der Waals surface area contributed by atoms with Crippen LogP contribution >= 0.6 is 0 Å². The molecule has 65 heavy (non-hydrogen) atoms. The van der Waals surface area contributed by atoms with Crippen molar-refractivity contribution in [3.8, 4) is 0 Å². The van der Waals surface area contributed by atoms with Gasteiger partial charge in [0, 0.05) is 19.3 Å². The average Bonchev–Trinajstić information content (AvgIpc) is 3.30. The fourth-order valence-electron chi connectivity index (χ4n) is 8.03. The van der Waals surface area contributed by atoms with Crippen LogP contribution in [-0.4, -0.2) is 37.2 Å².